The van der Waals surface area contributed by atoms with Crippen molar-refractivity contribution in [3.63, 3.8) is 0 Å². The van der Waals surface area contributed by atoms with Gasteiger partial charge in [0.2, 0.25) is 0 Å². The van der Waals surface area contributed by atoms with E-state index in [0.29, 0.717) is 12.2 Å². The van der Waals surface area contributed by atoms with Crippen LogP contribution < -0.4 is 4.90 Å². The van der Waals surface area contributed by atoms with Crippen LogP contribution in [0.5, 0.6) is 0 Å². The van der Waals surface area contributed by atoms with E-state index < -0.39 is 5.97 Å². The van der Waals surface area contributed by atoms with Crippen LogP contribution in [0.3, 0.4) is 0 Å². The minimum absolute atomic E-state index is 0.0780. The summed E-state index contributed by atoms with van der Waals surface area (Å²) in [4.78, 5) is 13.4. The normalized spacial score (nSPS) is 23.7. The molecule has 1 saturated heterocycles. The molecule has 22 heavy (non-hydrogen) atoms. The number of rotatable bonds is 4. The summed E-state index contributed by atoms with van der Waals surface area (Å²) in [6, 6.07) is 8.14. The minimum atomic E-state index is -0.774. The molecule has 2 heterocycles. The number of hydrogen-bond acceptors (Lipinski definition) is 5. The van der Waals surface area contributed by atoms with Crippen molar-refractivity contribution in [3.05, 3.63) is 30.1 Å². The van der Waals surface area contributed by atoms with Crippen LogP contribution in [0.2, 0.25) is 0 Å². The molecule has 0 bridgehead atoms. The summed E-state index contributed by atoms with van der Waals surface area (Å²) >= 11 is 0. The molecule has 2 fully saturated rings. The molecule has 7 nitrogen and oxygen atoms in total. The third kappa shape index (κ3) is 2.22. The van der Waals surface area contributed by atoms with Gasteiger partial charge in [-0.3, -0.25) is 4.79 Å². The Balaban J connectivity index is 1.58. The second kappa shape index (κ2) is 5.08. The zero-order chi connectivity index (χ0) is 15.1. The first kappa shape index (κ1) is 13.2. The molecular formula is C15H17N5O2. The monoisotopic (exact) mass is 299 g/mol. The molecule has 2 unspecified atom stereocenters. The maximum atomic E-state index is 11.0. The van der Waals surface area contributed by atoms with Gasteiger partial charge in [-0.25, -0.2) is 0 Å². The molecule has 7 heteroatoms. The van der Waals surface area contributed by atoms with E-state index in [-0.39, 0.29) is 11.8 Å². The van der Waals surface area contributed by atoms with Crippen LogP contribution in [0, 0.1) is 5.92 Å². The molecule has 2 aliphatic rings. The van der Waals surface area contributed by atoms with Crippen molar-refractivity contribution < 1.29 is 9.90 Å². The van der Waals surface area contributed by atoms with Crippen molar-refractivity contribution in [2.45, 2.75) is 25.2 Å². The number of tetrazole rings is 1. The number of nitrogens with zero attached hydrogens (tertiary/aromatic N) is 5. The van der Waals surface area contributed by atoms with Crippen molar-refractivity contribution in [3.8, 4) is 5.69 Å². The van der Waals surface area contributed by atoms with E-state index in [1.807, 2.05) is 12.1 Å². The molecule has 0 radical (unpaired) electrons. The van der Waals surface area contributed by atoms with Gasteiger partial charge in [0.25, 0.3) is 0 Å². The molecule has 1 saturated carbocycles. The minimum Gasteiger partial charge on any atom is -0.481 e. The van der Waals surface area contributed by atoms with Crippen molar-refractivity contribution in [2.75, 3.05) is 18.0 Å². The highest BCUT2D eigenvalue weighted by Gasteiger charge is 2.47. The first-order valence-electron chi connectivity index (χ1n) is 7.60. The van der Waals surface area contributed by atoms with E-state index in [0.717, 1.165) is 18.8 Å². The standard InChI is InChI=1S/C15H17N5O2/c21-15(22)13-9-12(13)14-16-17-18-20(14)11-5-3-10(4-6-11)19-7-1-2-8-19/h3-6,12-13H,1-2,7-9H2,(H,21,22). The molecule has 0 spiro atoms. The van der Waals surface area contributed by atoms with Gasteiger partial charge in [0.1, 0.15) is 0 Å². The Morgan fingerprint density at radius 1 is 1.14 bits per heavy atom. The fourth-order valence-electron chi connectivity index (χ4n) is 3.14. The third-order valence-electron chi connectivity index (χ3n) is 4.50. The van der Waals surface area contributed by atoms with E-state index in [2.05, 4.69) is 32.6 Å². The highest BCUT2D eigenvalue weighted by Crippen LogP contribution is 2.46. The summed E-state index contributed by atoms with van der Waals surface area (Å²) in [5.41, 5.74) is 2.09. The Morgan fingerprint density at radius 3 is 2.45 bits per heavy atom. The molecule has 0 amide bonds. The van der Waals surface area contributed by atoms with Gasteiger partial charge in [0, 0.05) is 24.7 Å². The van der Waals surface area contributed by atoms with E-state index >= 15 is 0 Å². The lowest BCUT2D eigenvalue weighted by atomic mass is 10.2. The average molecular weight is 299 g/mol. The van der Waals surface area contributed by atoms with E-state index in [9.17, 15) is 4.79 Å². The molecular weight excluding hydrogens is 282 g/mol. The molecule has 1 aliphatic heterocycles. The van der Waals surface area contributed by atoms with Crippen LogP contribution >= 0.6 is 0 Å². The molecule has 1 aromatic carbocycles. The number of carbonyl (C=O) groups is 1. The fraction of sp³-hybridized carbons (Fsp3) is 0.467. The Bertz CT molecular complexity index is 690. The van der Waals surface area contributed by atoms with Crippen LogP contribution in [-0.2, 0) is 4.79 Å². The third-order valence-corrected chi connectivity index (χ3v) is 4.50. The molecule has 2 atom stereocenters. The lowest BCUT2D eigenvalue weighted by Gasteiger charge is -2.17. The van der Waals surface area contributed by atoms with Crippen molar-refractivity contribution in [2.24, 2.45) is 5.92 Å². The van der Waals surface area contributed by atoms with Crippen LogP contribution in [-0.4, -0.2) is 44.4 Å². The van der Waals surface area contributed by atoms with Crippen LogP contribution in [0.1, 0.15) is 31.0 Å². The second-order valence-electron chi connectivity index (χ2n) is 5.95. The highest BCUT2D eigenvalue weighted by atomic mass is 16.4. The lowest BCUT2D eigenvalue weighted by molar-refractivity contribution is -0.138. The van der Waals surface area contributed by atoms with Crippen LogP contribution in [0.4, 0.5) is 5.69 Å². The zero-order valence-corrected chi connectivity index (χ0v) is 12.1. The zero-order valence-electron chi connectivity index (χ0n) is 12.1. The number of anilines is 1. The molecule has 2 aromatic rings. The summed E-state index contributed by atoms with van der Waals surface area (Å²) in [6.07, 6.45) is 3.11. The average Bonchev–Trinajstić information content (AvgIpc) is 2.96. The van der Waals surface area contributed by atoms with Crippen molar-refractivity contribution in [1.29, 1.82) is 0 Å². The van der Waals surface area contributed by atoms with Gasteiger partial charge >= 0.3 is 5.97 Å². The number of benzene rings is 1. The Hall–Kier alpha value is -2.44. The van der Waals surface area contributed by atoms with Gasteiger partial charge in [-0.2, -0.15) is 4.68 Å². The molecule has 1 aliphatic carbocycles. The second-order valence-corrected chi connectivity index (χ2v) is 5.95. The number of aliphatic carboxylic acids is 1. The first-order valence-corrected chi connectivity index (χ1v) is 7.60. The van der Waals surface area contributed by atoms with Gasteiger partial charge in [-0.05, 0) is 54.0 Å². The molecule has 4 rings (SSSR count). The summed E-state index contributed by atoms with van der Waals surface area (Å²) < 4.78 is 1.65. The Morgan fingerprint density at radius 2 is 1.82 bits per heavy atom. The topological polar surface area (TPSA) is 84.1 Å². The van der Waals surface area contributed by atoms with Gasteiger partial charge in [-0.15, -0.1) is 5.10 Å². The van der Waals surface area contributed by atoms with E-state index in [1.165, 1.54) is 18.5 Å². The first-order chi connectivity index (χ1) is 10.7. The summed E-state index contributed by atoms with van der Waals surface area (Å²) in [5.74, 6) is -0.565. The quantitative estimate of drug-likeness (QED) is 0.920. The predicted molar refractivity (Wildman–Crippen MR) is 79.1 cm³/mol. The summed E-state index contributed by atoms with van der Waals surface area (Å²) in [7, 11) is 0. The van der Waals surface area contributed by atoms with E-state index in [1.54, 1.807) is 4.68 Å². The maximum Gasteiger partial charge on any atom is 0.307 e. The smallest absolute Gasteiger partial charge is 0.307 e. The fourth-order valence-corrected chi connectivity index (χ4v) is 3.14. The predicted octanol–water partition coefficient (Wildman–Crippen LogP) is 1.45. The number of carboxylic acid groups (broad SMARTS) is 1. The largest absolute Gasteiger partial charge is 0.481 e. The SMILES string of the molecule is O=C(O)C1CC1c1nnnn1-c1ccc(N2CCCC2)cc1. The maximum absolute atomic E-state index is 11.0. The van der Waals surface area contributed by atoms with Crippen LogP contribution in [0.15, 0.2) is 24.3 Å². The Labute approximate surface area is 127 Å². The van der Waals surface area contributed by atoms with Gasteiger partial charge < -0.3 is 10.0 Å². The summed E-state index contributed by atoms with van der Waals surface area (Å²) in [5, 5.41) is 20.8. The summed E-state index contributed by atoms with van der Waals surface area (Å²) in [6.45, 7) is 2.22. The van der Waals surface area contributed by atoms with Crippen LogP contribution in [0.25, 0.3) is 5.69 Å². The van der Waals surface area contributed by atoms with Crippen molar-refractivity contribution >= 4 is 11.7 Å². The lowest BCUT2D eigenvalue weighted by Crippen LogP contribution is -2.17. The van der Waals surface area contributed by atoms with Gasteiger partial charge in [-0.1, -0.05) is 0 Å². The molecule has 1 aromatic heterocycles. The van der Waals surface area contributed by atoms with Gasteiger partial charge in [0.15, 0.2) is 5.82 Å². The van der Waals surface area contributed by atoms with E-state index in [4.69, 9.17) is 5.11 Å². The van der Waals surface area contributed by atoms with Crippen molar-refractivity contribution in [1.82, 2.24) is 20.2 Å². The molecule has 1 N–H and O–H groups in total. The number of aromatic nitrogens is 4. The highest BCUT2D eigenvalue weighted by molar-refractivity contribution is 5.74. The molecule has 114 valence electrons. The Kier molecular flexibility index (Phi) is 3.06. The number of carboxylic acids is 1. The van der Waals surface area contributed by atoms with Gasteiger partial charge in [0.05, 0.1) is 11.6 Å². The number of hydrogen-bond donors (Lipinski definition) is 1.